The van der Waals surface area contributed by atoms with Crippen molar-refractivity contribution in [2.45, 2.75) is 52.4 Å². The molecular formula is C16H22N2O2S. The number of nitrogens with one attached hydrogen (secondary N) is 1. The Morgan fingerprint density at radius 3 is 1.86 bits per heavy atom. The molecule has 0 aliphatic carbocycles. The molecule has 21 heavy (non-hydrogen) atoms. The SMILES string of the molecule is CC(C)(C)c1cc(-c2nc(=S)o[nH]2)cc(C(C)(C)C)c1O. The van der Waals surface area contributed by atoms with Crippen LogP contribution in [-0.2, 0) is 10.8 Å². The number of H-pyrrole nitrogens is 1. The van der Waals surface area contributed by atoms with E-state index in [4.69, 9.17) is 16.7 Å². The number of nitrogens with zero attached hydrogens (tertiary/aromatic N) is 1. The van der Waals surface area contributed by atoms with Gasteiger partial charge in [-0.2, -0.15) is 4.98 Å². The summed E-state index contributed by atoms with van der Waals surface area (Å²) in [5.74, 6) is 0.928. The normalized spacial score (nSPS) is 12.7. The Hall–Kier alpha value is -1.62. The van der Waals surface area contributed by atoms with Crippen molar-refractivity contribution < 1.29 is 9.63 Å². The monoisotopic (exact) mass is 306 g/mol. The van der Waals surface area contributed by atoms with Crippen LogP contribution in [0.15, 0.2) is 16.7 Å². The first-order valence-corrected chi connectivity index (χ1v) is 7.35. The first kappa shape index (κ1) is 15.8. The lowest BCUT2D eigenvalue weighted by Crippen LogP contribution is -2.17. The molecule has 0 unspecified atom stereocenters. The molecular weight excluding hydrogens is 284 g/mol. The largest absolute Gasteiger partial charge is 0.507 e. The van der Waals surface area contributed by atoms with Gasteiger partial charge in [-0.3, -0.25) is 0 Å². The van der Waals surface area contributed by atoms with Gasteiger partial charge in [0.2, 0.25) is 0 Å². The molecule has 0 fully saturated rings. The summed E-state index contributed by atoms with van der Waals surface area (Å²) in [4.78, 5) is 4.34. The number of phenols is 1. The Labute approximate surface area is 130 Å². The van der Waals surface area contributed by atoms with Gasteiger partial charge in [0.05, 0.1) is 0 Å². The van der Waals surface area contributed by atoms with Crippen LogP contribution in [0.2, 0.25) is 0 Å². The fourth-order valence-corrected chi connectivity index (χ4v) is 2.40. The Balaban J connectivity index is 2.77. The Kier molecular flexibility index (Phi) is 3.74. The minimum atomic E-state index is -0.180. The van der Waals surface area contributed by atoms with E-state index >= 15 is 0 Å². The molecule has 0 aliphatic heterocycles. The Bertz CT molecular complexity index is 680. The summed E-state index contributed by atoms with van der Waals surface area (Å²) in [6, 6.07) is 3.88. The number of rotatable bonds is 1. The van der Waals surface area contributed by atoms with Gasteiger partial charge in [0.25, 0.3) is 0 Å². The molecule has 2 aromatic rings. The van der Waals surface area contributed by atoms with Crippen LogP contribution in [0.4, 0.5) is 0 Å². The van der Waals surface area contributed by atoms with Crippen LogP contribution in [0.1, 0.15) is 52.7 Å². The predicted molar refractivity (Wildman–Crippen MR) is 86.2 cm³/mol. The molecule has 1 aromatic carbocycles. The van der Waals surface area contributed by atoms with E-state index in [2.05, 4.69) is 51.7 Å². The quantitative estimate of drug-likeness (QED) is 0.750. The van der Waals surface area contributed by atoms with Crippen molar-refractivity contribution in [3.8, 4) is 17.1 Å². The van der Waals surface area contributed by atoms with Crippen LogP contribution in [0.25, 0.3) is 11.4 Å². The number of phenolic OH excluding ortho intramolecular Hbond substituents is 1. The summed E-state index contributed by atoms with van der Waals surface area (Å²) >= 11 is 4.91. The summed E-state index contributed by atoms with van der Waals surface area (Å²) in [6.45, 7) is 12.4. The molecule has 1 aromatic heterocycles. The van der Waals surface area contributed by atoms with E-state index in [1.807, 2.05) is 12.1 Å². The highest BCUT2D eigenvalue weighted by Crippen LogP contribution is 2.41. The van der Waals surface area contributed by atoms with Gasteiger partial charge in [-0.05, 0) is 35.2 Å². The highest BCUT2D eigenvalue weighted by molar-refractivity contribution is 7.71. The molecule has 5 heteroatoms. The second kappa shape index (κ2) is 4.98. The third-order valence-corrected chi connectivity index (χ3v) is 3.61. The zero-order valence-electron chi connectivity index (χ0n) is 13.4. The summed E-state index contributed by atoms with van der Waals surface area (Å²) < 4.78 is 5.02. The summed E-state index contributed by atoms with van der Waals surface area (Å²) in [5.41, 5.74) is 2.27. The maximum absolute atomic E-state index is 10.7. The lowest BCUT2D eigenvalue weighted by molar-refractivity contribution is 0.406. The Morgan fingerprint density at radius 2 is 1.52 bits per heavy atom. The molecule has 0 spiro atoms. The predicted octanol–water partition coefficient (Wildman–Crippen LogP) is 4.70. The lowest BCUT2D eigenvalue weighted by atomic mass is 9.78. The first-order chi connectivity index (χ1) is 9.50. The van der Waals surface area contributed by atoms with Gasteiger partial charge >= 0.3 is 4.84 Å². The van der Waals surface area contributed by atoms with Gasteiger partial charge in [0.15, 0.2) is 5.82 Å². The molecule has 0 atom stereocenters. The second-order valence-corrected chi connectivity index (χ2v) is 7.70. The van der Waals surface area contributed by atoms with Gasteiger partial charge in [-0.15, -0.1) is 0 Å². The van der Waals surface area contributed by atoms with E-state index in [1.165, 1.54) is 0 Å². The third-order valence-electron chi connectivity index (χ3n) is 3.44. The Morgan fingerprint density at radius 1 is 1.05 bits per heavy atom. The van der Waals surface area contributed by atoms with Crippen molar-refractivity contribution in [2.75, 3.05) is 0 Å². The van der Waals surface area contributed by atoms with Crippen molar-refractivity contribution in [2.24, 2.45) is 0 Å². The molecule has 2 N–H and O–H groups in total. The minimum absolute atomic E-state index is 0.174. The molecule has 0 saturated carbocycles. The molecule has 2 rings (SSSR count). The summed E-state index contributed by atoms with van der Waals surface area (Å²) in [7, 11) is 0. The molecule has 0 bridgehead atoms. The molecule has 0 saturated heterocycles. The zero-order valence-corrected chi connectivity index (χ0v) is 14.2. The van der Waals surface area contributed by atoms with Crippen molar-refractivity contribution in [1.29, 1.82) is 0 Å². The van der Waals surface area contributed by atoms with Crippen molar-refractivity contribution in [1.82, 2.24) is 10.1 Å². The summed E-state index contributed by atoms with van der Waals surface area (Å²) in [5, 5.41) is 13.4. The minimum Gasteiger partial charge on any atom is -0.507 e. The number of aromatic hydroxyl groups is 1. The van der Waals surface area contributed by atoms with Gasteiger partial charge in [-0.1, -0.05) is 41.5 Å². The molecule has 114 valence electrons. The molecule has 1 heterocycles. The van der Waals surface area contributed by atoms with Crippen LogP contribution < -0.4 is 0 Å². The second-order valence-electron chi connectivity index (χ2n) is 7.35. The average molecular weight is 306 g/mol. The standard InChI is InChI=1S/C16H22N2O2S/c1-15(2,3)10-7-9(13-17-14(21)20-18-13)8-11(12(10)19)16(4,5)6/h7-8,19H,1-6H3,(H,17,18,21). The fraction of sp³-hybridized carbons (Fsp3) is 0.500. The maximum atomic E-state index is 10.7. The highest BCUT2D eigenvalue weighted by Gasteiger charge is 2.27. The van der Waals surface area contributed by atoms with Crippen LogP contribution in [0.5, 0.6) is 5.75 Å². The van der Waals surface area contributed by atoms with Crippen LogP contribution >= 0.6 is 12.2 Å². The maximum Gasteiger partial charge on any atom is 0.314 e. The zero-order chi connectivity index (χ0) is 16.0. The smallest absolute Gasteiger partial charge is 0.314 e. The number of aromatic nitrogens is 2. The van der Waals surface area contributed by atoms with Crippen molar-refractivity contribution >= 4 is 12.2 Å². The van der Waals surface area contributed by atoms with Gasteiger partial charge in [0.1, 0.15) is 5.75 Å². The molecule has 0 amide bonds. The highest BCUT2D eigenvalue weighted by atomic mass is 32.1. The van der Waals surface area contributed by atoms with Gasteiger partial charge < -0.3 is 9.63 Å². The van der Waals surface area contributed by atoms with E-state index in [1.54, 1.807) is 0 Å². The number of benzene rings is 1. The van der Waals surface area contributed by atoms with Crippen molar-refractivity contribution in [3.63, 3.8) is 0 Å². The average Bonchev–Trinajstić information content (AvgIpc) is 2.73. The summed E-state index contributed by atoms with van der Waals surface area (Å²) in [6.07, 6.45) is 0. The van der Waals surface area contributed by atoms with E-state index in [0.717, 1.165) is 16.7 Å². The number of hydrogen-bond donors (Lipinski definition) is 2. The van der Waals surface area contributed by atoms with Crippen LogP contribution in [0.3, 0.4) is 0 Å². The number of hydrogen-bond acceptors (Lipinski definition) is 4. The molecule has 0 radical (unpaired) electrons. The van der Waals surface area contributed by atoms with E-state index in [0.29, 0.717) is 11.6 Å². The van der Waals surface area contributed by atoms with Crippen LogP contribution in [0, 0.1) is 4.84 Å². The molecule has 4 nitrogen and oxygen atoms in total. The van der Waals surface area contributed by atoms with E-state index in [9.17, 15) is 5.11 Å². The van der Waals surface area contributed by atoms with E-state index < -0.39 is 0 Å². The third kappa shape index (κ3) is 3.18. The van der Waals surface area contributed by atoms with Gasteiger partial charge in [0, 0.05) is 16.7 Å². The van der Waals surface area contributed by atoms with Crippen molar-refractivity contribution in [3.05, 3.63) is 28.1 Å². The number of aromatic amines is 1. The topological polar surface area (TPSA) is 62.0 Å². The first-order valence-electron chi connectivity index (χ1n) is 6.94. The van der Waals surface area contributed by atoms with Crippen LogP contribution in [-0.4, -0.2) is 15.2 Å². The van der Waals surface area contributed by atoms with E-state index in [-0.39, 0.29) is 15.7 Å². The van der Waals surface area contributed by atoms with Gasteiger partial charge in [-0.25, -0.2) is 5.16 Å². The fourth-order valence-electron chi connectivity index (χ4n) is 2.27. The molecule has 0 aliphatic rings. The lowest BCUT2D eigenvalue weighted by Gasteiger charge is -2.27.